The number of nitrogens with zero attached hydrogens (tertiary/aromatic N) is 3. The summed E-state index contributed by atoms with van der Waals surface area (Å²) in [7, 11) is 0. The molecule has 0 fully saturated rings. The number of imidazole rings is 1. The molecular formula is C12H7BrN4O2. The van der Waals surface area contributed by atoms with Gasteiger partial charge in [-0.3, -0.25) is 4.98 Å². The Hall–Kier alpha value is -2.28. The summed E-state index contributed by atoms with van der Waals surface area (Å²) in [5.41, 5.74) is 1.52. The lowest BCUT2D eigenvalue weighted by Gasteiger charge is -1.95. The number of aromatic carboxylic acids is 1. The molecule has 0 aromatic carbocycles. The third-order valence-electron chi connectivity index (χ3n) is 2.59. The van der Waals surface area contributed by atoms with Crippen molar-refractivity contribution < 1.29 is 9.90 Å². The number of carbonyl (C=O) groups is 1. The quantitative estimate of drug-likeness (QED) is 0.757. The van der Waals surface area contributed by atoms with E-state index in [1.165, 1.54) is 12.3 Å². The molecule has 0 amide bonds. The maximum atomic E-state index is 11.1. The molecule has 6 nitrogen and oxygen atoms in total. The molecule has 2 N–H and O–H groups in total. The largest absolute Gasteiger partial charge is 0.478 e. The van der Waals surface area contributed by atoms with Gasteiger partial charge in [0.15, 0.2) is 11.5 Å². The third-order valence-corrected chi connectivity index (χ3v) is 3.06. The van der Waals surface area contributed by atoms with E-state index in [1.54, 1.807) is 12.3 Å². The second kappa shape index (κ2) is 4.43. The molecule has 94 valence electrons. The van der Waals surface area contributed by atoms with Crippen LogP contribution in [-0.2, 0) is 0 Å². The van der Waals surface area contributed by atoms with Crippen molar-refractivity contribution in [2.75, 3.05) is 0 Å². The predicted octanol–water partition coefficient (Wildman–Crippen LogP) is 2.48. The number of fused-ring (bicyclic) bond motifs is 1. The molecular weight excluding hydrogens is 312 g/mol. The van der Waals surface area contributed by atoms with Crippen LogP contribution in [-0.4, -0.2) is 31.0 Å². The summed E-state index contributed by atoms with van der Waals surface area (Å²) in [5.74, 6) is -0.532. The average Bonchev–Trinajstić information content (AvgIpc) is 2.82. The molecule has 0 aliphatic rings. The van der Waals surface area contributed by atoms with Gasteiger partial charge in [-0.05, 0) is 34.1 Å². The molecule has 19 heavy (non-hydrogen) atoms. The number of halogens is 1. The smallest absolute Gasteiger partial charge is 0.338 e. The van der Waals surface area contributed by atoms with E-state index in [-0.39, 0.29) is 5.56 Å². The summed E-state index contributed by atoms with van der Waals surface area (Å²) in [6.45, 7) is 0. The van der Waals surface area contributed by atoms with E-state index in [9.17, 15) is 4.79 Å². The molecule has 0 unspecified atom stereocenters. The van der Waals surface area contributed by atoms with Crippen molar-refractivity contribution in [3.05, 3.63) is 40.6 Å². The van der Waals surface area contributed by atoms with Gasteiger partial charge in [0.05, 0.1) is 11.1 Å². The second-order valence-electron chi connectivity index (χ2n) is 3.81. The molecule has 0 atom stereocenters. The van der Waals surface area contributed by atoms with Crippen molar-refractivity contribution in [3.63, 3.8) is 0 Å². The van der Waals surface area contributed by atoms with Crippen molar-refractivity contribution in [3.8, 4) is 11.5 Å². The first kappa shape index (κ1) is 11.8. The third kappa shape index (κ3) is 2.08. The fourth-order valence-corrected chi connectivity index (χ4v) is 1.96. The van der Waals surface area contributed by atoms with Crippen molar-refractivity contribution >= 4 is 33.1 Å². The van der Waals surface area contributed by atoms with Gasteiger partial charge in [0.25, 0.3) is 0 Å². The number of hydrogen-bond acceptors (Lipinski definition) is 4. The maximum Gasteiger partial charge on any atom is 0.338 e. The topological polar surface area (TPSA) is 91.8 Å². The van der Waals surface area contributed by atoms with Crippen LogP contribution >= 0.6 is 15.9 Å². The van der Waals surface area contributed by atoms with Gasteiger partial charge in [-0.2, -0.15) is 0 Å². The highest BCUT2D eigenvalue weighted by Crippen LogP contribution is 2.21. The highest BCUT2D eigenvalue weighted by atomic mass is 79.9. The van der Waals surface area contributed by atoms with E-state index in [0.717, 1.165) is 4.47 Å². The molecule has 3 heterocycles. The number of aromatic amines is 1. The number of carboxylic acids is 1. The van der Waals surface area contributed by atoms with Crippen LogP contribution in [0.5, 0.6) is 0 Å². The molecule has 0 saturated carbocycles. The molecule has 0 saturated heterocycles. The van der Waals surface area contributed by atoms with Gasteiger partial charge in [0.1, 0.15) is 5.69 Å². The summed E-state index contributed by atoms with van der Waals surface area (Å²) in [6, 6.07) is 5.05. The van der Waals surface area contributed by atoms with Crippen LogP contribution in [0, 0.1) is 0 Å². The minimum Gasteiger partial charge on any atom is -0.478 e. The lowest BCUT2D eigenvalue weighted by Crippen LogP contribution is -1.97. The zero-order chi connectivity index (χ0) is 13.4. The zero-order valence-electron chi connectivity index (χ0n) is 9.46. The van der Waals surface area contributed by atoms with Crippen LogP contribution in [0.25, 0.3) is 22.7 Å². The van der Waals surface area contributed by atoms with Crippen molar-refractivity contribution in [2.24, 2.45) is 0 Å². The number of aromatic nitrogens is 4. The molecule has 0 aliphatic heterocycles. The van der Waals surface area contributed by atoms with Gasteiger partial charge in [-0.1, -0.05) is 0 Å². The van der Waals surface area contributed by atoms with Crippen LogP contribution in [0.2, 0.25) is 0 Å². The number of rotatable bonds is 2. The Kier molecular flexibility index (Phi) is 2.75. The van der Waals surface area contributed by atoms with Gasteiger partial charge in [-0.25, -0.2) is 14.8 Å². The van der Waals surface area contributed by atoms with E-state index < -0.39 is 5.97 Å². The van der Waals surface area contributed by atoms with Gasteiger partial charge in [0.2, 0.25) is 0 Å². The molecule has 0 bridgehead atoms. The van der Waals surface area contributed by atoms with E-state index >= 15 is 0 Å². The first-order valence-corrected chi connectivity index (χ1v) is 6.14. The van der Waals surface area contributed by atoms with Crippen molar-refractivity contribution in [2.45, 2.75) is 0 Å². The molecule has 0 spiro atoms. The Labute approximate surface area is 115 Å². The highest BCUT2D eigenvalue weighted by molar-refractivity contribution is 9.10. The minimum atomic E-state index is -1.02. The normalized spacial score (nSPS) is 10.8. The van der Waals surface area contributed by atoms with E-state index in [0.29, 0.717) is 22.7 Å². The first-order chi connectivity index (χ1) is 9.15. The number of H-pyrrole nitrogens is 1. The molecule has 7 heteroatoms. The lowest BCUT2D eigenvalue weighted by atomic mass is 10.2. The van der Waals surface area contributed by atoms with Crippen LogP contribution in [0.4, 0.5) is 0 Å². The van der Waals surface area contributed by atoms with Crippen LogP contribution in [0.1, 0.15) is 10.4 Å². The summed E-state index contributed by atoms with van der Waals surface area (Å²) in [4.78, 5) is 26.6. The molecule has 3 aromatic rings. The standard InChI is InChI=1S/C12H7BrN4O2/c13-6-1-2-8(15-5-6)10-16-9-7(12(18)19)3-4-14-11(9)17-10/h1-5H,(H,18,19)(H,14,16,17). The number of hydrogen-bond donors (Lipinski definition) is 2. The average molecular weight is 319 g/mol. The Bertz CT molecular complexity index is 767. The van der Waals surface area contributed by atoms with E-state index in [4.69, 9.17) is 5.11 Å². The summed E-state index contributed by atoms with van der Waals surface area (Å²) < 4.78 is 0.858. The molecule has 3 aromatic heterocycles. The van der Waals surface area contributed by atoms with Crippen LogP contribution < -0.4 is 0 Å². The lowest BCUT2D eigenvalue weighted by molar-refractivity contribution is 0.0699. The number of pyridine rings is 2. The molecule has 0 radical (unpaired) electrons. The van der Waals surface area contributed by atoms with Crippen molar-refractivity contribution in [1.29, 1.82) is 0 Å². The SMILES string of the molecule is O=C(O)c1ccnc2nc(-c3ccc(Br)cn3)[nH]c12. The summed E-state index contributed by atoms with van der Waals surface area (Å²) in [5, 5.41) is 9.10. The Balaban J connectivity index is 2.19. The Morgan fingerprint density at radius 1 is 1.26 bits per heavy atom. The monoisotopic (exact) mass is 318 g/mol. The van der Waals surface area contributed by atoms with Crippen LogP contribution in [0.3, 0.4) is 0 Å². The fraction of sp³-hybridized carbons (Fsp3) is 0. The van der Waals surface area contributed by atoms with Crippen molar-refractivity contribution in [1.82, 2.24) is 19.9 Å². The van der Waals surface area contributed by atoms with Gasteiger partial charge >= 0.3 is 5.97 Å². The molecule has 0 aliphatic carbocycles. The minimum absolute atomic E-state index is 0.140. The number of nitrogens with one attached hydrogen (secondary N) is 1. The zero-order valence-corrected chi connectivity index (χ0v) is 11.0. The van der Waals surface area contributed by atoms with E-state index in [1.807, 2.05) is 6.07 Å². The second-order valence-corrected chi connectivity index (χ2v) is 4.73. The predicted molar refractivity (Wildman–Crippen MR) is 71.8 cm³/mol. The van der Waals surface area contributed by atoms with E-state index in [2.05, 4.69) is 35.9 Å². The Morgan fingerprint density at radius 2 is 2.11 bits per heavy atom. The Morgan fingerprint density at radius 3 is 2.79 bits per heavy atom. The van der Waals surface area contributed by atoms with Gasteiger partial charge in [0, 0.05) is 16.9 Å². The highest BCUT2D eigenvalue weighted by Gasteiger charge is 2.14. The summed E-state index contributed by atoms with van der Waals surface area (Å²) in [6.07, 6.45) is 3.07. The van der Waals surface area contributed by atoms with Gasteiger partial charge < -0.3 is 10.1 Å². The number of carboxylic acid groups (broad SMARTS) is 1. The summed E-state index contributed by atoms with van der Waals surface area (Å²) >= 11 is 3.30. The molecule has 3 rings (SSSR count). The maximum absolute atomic E-state index is 11.1. The first-order valence-electron chi connectivity index (χ1n) is 5.35. The van der Waals surface area contributed by atoms with Gasteiger partial charge in [-0.15, -0.1) is 0 Å². The fourth-order valence-electron chi connectivity index (χ4n) is 1.73. The van der Waals surface area contributed by atoms with Crippen LogP contribution in [0.15, 0.2) is 35.1 Å².